The number of aliphatic hydroxyl groups excluding tert-OH is 1. The zero-order valence-electron chi connectivity index (χ0n) is 20.3. The van der Waals surface area contributed by atoms with Gasteiger partial charge in [-0.1, -0.05) is 18.5 Å². The first-order valence-electron chi connectivity index (χ1n) is 10.8. The lowest BCUT2D eigenvalue weighted by atomic mass is 9.94. The van der Waals surface area contributed by atoms with Gasteiger partial charge >= 0.3 is 5.97 Å². The fourth-order valence-corrected chi connectivity index (χ4v) is 3.69. The van der Waals surface area contributed by atoms with Gasteiger partial charge in [-0.05, 0) is 51.3 Å². The van der Waals surface area contributed by atoms with E-state index in [0.29, 0.717) is 34.7 Å². The number of carbonyl (C=O) groups is 1. The van der Waals surface area contributed by atoms with Gasteiger partial charge in [-0.15, -0.1) is 0 Å². The van der Waals surface area contributed by atoms with Gasteiger partial charge < -0.3 is 19.3 Å². The minimum absolute atomic E-state index is 0.226. The molecule has 0 fully saturated rings. The number of rotatable bonds is 9. The molecule has 1 aromatic carbocycles. The Balaban J connectivity index is 2.68. The molecule has 0 aliphatic rings. The standard InChI is InChI=1S/C25H31ClN2O6/c1-15(9-10-32-5)23(30)22(24(31)34-25(2,3)4)28-14-20(33-6)19(12-21(28)29)18-11-17(26)8-7-16(18)13-27/h7-8,11-12,14-15,22-23,30H,9-10H2,1-6H3. The highest BCUT2D eigenvalue weighted by Crippen LogP contribution is 2.34. The molecule has 8 nitrogen and oxygen atoms in total. The topological polar surface area (TPSA) is 111 Å². The Morgan fingerprint density at radius 3 is 2.47 bits per heavy atom. The third kappa shape index (κ3) is 6.60. The molecular formula is C25H31ClN2O6. The van der Waals surface area contributed by atoms with Gasteiger partial charge in [-0.25, -0.2) is 4.79 Å². The van der Waals surface area contributed by atoms with Crippen molar-refractivity contribution in [3.63, 3.8) is 0 Å². The average Bonchev–Trinajstić information content (AvgIpc) is 2.77. The van der Waals surface area contributed by atoms with Gasteiger partial charge in [0.05, 0.1) is 31.0 Å². The van der Waals surface area contributed by atoms with E-state index in [1.165, 1.54) is 19.4 Å². The molecule has 0 spiro atoms. The van der Waals surface area contributed by atoms with E-state index < -0.39 is 29.3 Å². The molecule has 0 bridgehead atoms. The van der Waals surface area contributed by atoms with E-state index in [4.69, 9.17) is 25.8 Å². The normalized spacial score (nSPS) is 14.1. The minimum atomic E-state index is -1.32. The van der Waals surface area contributed by atoms with Crippen molar-refractivity contribution in [2.24, 2.45) is 5.92 Å². The first-order valence-corrected chi connectivity index (χ1v) is 11.2. The number of nitrogens with zero attached hydrogens (tertiary/aromatic N) is 2. The predicted octanol–water partition coefficient (Wildman–Crippen LogP) is 3.97. The molecule has 0 aliphatic carbocycles. The number of carbonyl (C=O) groups excluding carboxylic acids is 1. The van der Waals surface area contributed by atoms with Gasteiger partial charge in [0.25, 0.3) is 5.56 Å². The highest BCUT2D eigenvalue weighted by atomic mass is 35.5. The number of halogens is 1. The van der Waals surface area contributed by atoms with Gasteiger partial charge in [-0.2, -0.15) is 5.26 Å². The van der Waals surface area contributed by atoms with Crippen LogP contribution < -0.4 is 10.3 Å². The van der Waals surface area contributed by atoms with Gasteiger partial charge in [0.15, 0.2) is 6.04 Å². The van der Waals surface area contributed by atoms with Crippen LogP contribution in [0.1, 0.15) is 45.7 Å². The van der Waals surface area contributed by atoms with Crippen molar-refractivity contribution in [1.29, 1.82) is 5.26 Å². The molecule has 0 radical (unpaired) electrons. The van der Waals surface area contributed by atoms with Crippen LogP contribution in [-0.2, 0) is 14.3 Å². The van der Waals surface area contributed by atoms with E-state index in [9.17, 15) is 20.0 Å². The third-order valence-corrected chi connectivity index (χ3v) is 5.52. The van der Waals surface area contributed by atoms with Crippen molar-refractivity contribution in [2.45, 2.75) is 51.9 Å². The fraction of sp³-hybridized carbons (Fsp3) is 0.480. The van der Waals surface area contributed by atoms with E-state index in [-0.39, 0.29) is 11.7 Å². The molecule has 0 aliphatic heterocycles. The van der Waals surface area contributed by atoms with Gasteiger partial charge in [0, 0.05) is 35.9 Å². The molecule has 184 valence electrons. The number of hydrogen-bond acceptors (Lipinski definition) is 7. The zero-order chi connectivity index (χ0) is 25.6. The summed E-state index contributed by atoms with van der Waals surface area (Å²) in [6.07, 6.45) is 0.578. The van der Waals surface area contributed by atoms with Crippen LogP contribution in [0.5, 0.6) is 5.75 Å². The van der Waals surface area contributed by atoms with Crippen molar-refractivity contribution in [1.82, 2.24) is 4.57 Å². The summed E-state index contributed by atoms with van der Waals surface area (Å²) in [4.78, 5) is 26.4. The smallest absolute Gasteiger partial charge is 0.332 e. The Hall–Kier alpha value is -2.86. The summed E-state index contributed by atoms with van der Waals surface area (Å²) in [5.74, 6) is -0.904. The second kappa shape index (κ2) is 11.5. The van der Waals surface area contributed by atoms with Crippen LogP contribution in [0.25, 0.3) is 11.1 Å². The fourth-order valence-electron chi connectivity index (χ4n) is 3.52. The summed E-state index contributed by atoms with van der Waals surface area (Å²) in [7, 11) is 2.95. The van der Waals surface area contributed by atoms with Crippen LogP contribution in [0, 0.1) is 17.2 Å². The number of methoxy groups -OCH3 is 2. The molecule has 0 amide bonds. The van der Waals surface area contributed by atoms with Crippen molar-refractivity contribution in [3.8, 4) is 22.9 Å². The Labute approximate surface area is 204 Å². The molecule has 2 rings (SSSR count). The maximum Gasteiger partial charge on any atom is 0.332 e. The summed E-state index contributed by atoms with van der Waals surface area (Å²) in [6, 6.07) is 6.70. The highest BCUT2D eigenvalue weighted by Gasteiger charge is 2.36. The summed E-state index contributed by atoms with van der Waals surface area (Å²) >= 11 is 6.12. The first kappa shape index (κ1) is 27.4. The number of ether oxygens (including phenoxy) is 3. The number of esters is 1. The summed E-state index contributed by atoms with van der Waals surface area (Å²) in [6.45, 7) is 7.26. The number of aliphatic hydroxyl groups is 1. The molecule has 0 saturated carbocycles. The predicted molar refractivity (Wildman–Crippen MR) is 129 cm³/mol. The van der Waals surface area contributed by atoms with E-state index in [0.717, 1.165) is 4.57 Å². The van der Waals surface area contributed by atoms with Crippen molar-refractivity contribution >= 4 is 17.6 Å². The van der Waals surface area contributed by atoms with Crippen LogP contribution in [-0.4, -0.2) is 48.2 Å². The molecular weight excluding hydrogens is 460 g/mol. The van der Waals surface area contributed by atoms with Gasteiger partial charge in [0.2, 0.25) is 0 Å². The maximum absolute atomic E-state index is 13.3. The van der Waals surface area contributed by atoms with Crippen LogP contribution >= 0.6 is 11.6 Å². The number of nitriles is 1. The Morgan fingerprint density at radius 1 is 1.24 bits per heavy atom. The van der Waals surface area contributed by atoms with Crippen LogP contribution in [0.2, 0.25) is 5.02 Å². The molecule has 1 aromatic heterocycles. The average molecular weight is 491 g/mol. The lowest BCUT2D eigenvalue weighted by Crippen LogP contribution is -2.43. The lowest BCUT2D eigenvalue weighted by Gasteiger charge is -2.31. The van der Waals surface area contributed by atoms with Crippen molar-refractivity contribution in [2.75, 3.05) is 20.8 Å². The summed E-state index contributed by atoms with van der Waals surface area (Å²) in [5, 5.41) is 21.0. The third-order valence-electron chi connectivity index (χ3n) is 5.29. The molecule has 0 saturated heterocycles. The molecule has 3 unspecified atom stereocenters. The number of pyridine rings is 1. The van der Waals surface area contributed by atoms with Crippen molar-refractivity contribution in [3.05, 3.63) is 51.4 Å². The number of aromatic nitrogens is 1. The van der Waals surface area contributed by atoms with E-state index in [1.54, 1.807) is 53.0 Å². The molecule has 3 atom stereocenters. The number of benzene rings is 1. The van der Waals surface area contributed by atoms with Gasteiger partial charge in [-0.3, -0.25) is 9.36 Å². The minimum Gasteiger partial charge on any atom is -0.495 e. The van der Waals surface area contributed by atoms with Crippen molar-refractivity contribution < 1.29 is 24.1 Å². The Bertz CT molecular complexity index is 1120. The molecule has 9 heteroatoms. The molecule has 2 aromatic rings. The quantitative estimate of drug-likeness (QED) is 0.529. The monoisotopic (exact) mass is 490 g/mol. The lowest BCUT2D eigenvalue weighted by molar-refractivity contribution is -0.164. The molecule has 34 heavy (non-hydrogen) atoms. The Morgan fingerprint density at radius 2 is 1.91 bits per heavy atom. The summed E-state index contributed by atoms with van der Waals surface area (Å²) in [5.41, 5.74) is -0.349. The summed E-state index contributed by atoms with van der Waals surface area (Å²) < 4.78 is 17.2. The SMILES string of the molecule is COCCC(C)C(O)C(C(=O)OC(C)(C)C)n1cc(OC)c(-c2cc(Cl)ccc2C#N)cc1=O. The van der Waals surface area contributed by atoms with E-state index >= 15 is 0 Å². The maximum atomic E-state index is 13.3. The molecule has 1 heterocycles. The zero-order valence-corrected chi connectivity index (χ0v) is 21.0. The highest BCUT2D eigenvalue weighted by molar-refractivity contribution is 6.31. The Kier molecular flexibility index (Phi) is 9.28. The molecule has 1 N–H and O–H groups in total. The first-order chi connectivity index (χ1) is 15.9. The van der Waals surface area contributed by atoms with Crippen LogP contribution in [0.3, 0.4) is 0 Å². The van der Waals surface area contributed by atoms with E-state index in [2.05, 4.69) is 6.07 Å². The van der Waals surface area contributed by atoms with Gasteiger partial charge in [0.1, 0.15) is 11.4 Å². The second-order valence-electron chi connectivity index (χ2n) is 9.03. The van der Waals surface area contributed by atoms with Crippen LogP contribution in [0.4, 0.5) is 0 Å². The van der Waals surface area contributed by atoms with Crippen LogP contribution in [0.15, 0.2) is 35.3 Å². The second-order valence-corrected chi connectivity index (χ2v) is 9.47. The number of hydrogen-bond donors (Lipinski definition) is 1. The largest absolute Gasteiger partial charge is 0.495 e. The van der Waals surface area contributed by atoms with E-state index in [1.807, 2.05) is 0 Å².